The number of carboxylic acid groups (broad SMARTS) is 1. The fourth-order valence-corrected chi connectivity index (χ4v) is 6.11. The number of aliphatic carboxylic acids is 1. The summed E-state index contributed by atoms with van der Waals surface area (Å²) in [5.74, 6) is -0.529. The van der Waals surface area contributed by atoms with E-state index in [9.17, 15) is 24.7 Å². The Bertz CT molecular complexity index is 1700. The molecule has 226 valence electrons. The number of hydrogen-bond donors (Lipinski definition) is 3. The Kier molecular flexibility index (Phi) is 9.91. The van der Waals surface area contributed by atoms with Crippen LogP contribution >= 0.6 is 11.6 Å². The summed E-state index contributed by atoms with van der Waals surface area (Å²) in [5.41, 5.74) is 6.59. The van der Waals surface area contributed by atoms with Gasteiger partial charge < -0.3 is 20.3 Å². The van der Waals surface area contributed by atoms with Gasteiger partial charge in [-0.2, -0.15) is 5.26 Å². The molecule has 1 aromatic heterocycles. The third-order valence-electron chi connectivity index (χ3n) is 8.10. The number of hydrogen-bond acceptors (Lipinski definition) is 6. The first-order valence-electron chi connectivity index (χ1n) is 14.5. The van der Waals surface area contributed by atoms with Crippen LogP contribution in [0.2, 0.25) is 5.02 Å². The van der Waals surface area contributed by atoms with Crippen LogP contribution in [0, 0.1) is 17.1 Å². The highest BCUT2D eigenvalue weighted by Gasteiger charge is 2.27. The van der Waals surface area contributed by atoms with Gasteiger partial charge in [0.25, 0.3) is 0 Å². The summed E-state index contributed by atoms with van der Waals surface area (Å²) in [7, 11) is 0. The van der Waals surface area contributed by atoms with Gasteiger partial charge in [0.2, 0.25) is 0 Å². The molecule has 0 saturated heterocycles. The third-order valence-corrected chi connectivity index (χ3v) is 8.46. The Morgan fingerprint density at radius 1 is 1.16 bits per heavy atom. The molecule has 1 aliphatic carbocycles. The van der Waals surface area contributed by atoms with Crippen molar-refractivity contribution in [2.45, 2.75) is 63.8 Å². The van der Waals surface area contributed by atoms with Crippen molar-refractivity contribution in [3.8, 4) is 22.9 Å². The van der Waals surface area contributed by atoms with Gasteiger partial charge in [0.1, 0.15) is 24.2 Å². The van der Waals surface area contributed by atoms with Gasteiger partial charge >= 0.3 is 5.97 Å². The van der Waals surface area contributed by atoms with Crippen LogP contribution in [-0.4, -0.2) is 33.3 Å². The van der Waals surface area contributed by atoms with Gasteiger partial charge in [0, 0.05) is 46.7 Å². The molecule has 1 heterocycles. The third kappa shape index (κ3) is 7.25. The van der Waals surface area contributed by atoms with Crippen molar-refractivity contribution in [1.29, 1.82) is 5.26 Å². The molecule has 9 heteroatoms. The Labute approximate surface area is 260 Å². The summed E-state index contributed by atoms with van der Waals surface area (Å²) in [6.45, 7) is 1.91. The summed E-state index contributed by atoms with van der Waals surface area (Å²) in [4.78, 5) is 15.4. The van der Waals surface area contributed by atoms with E-state index in [4.69, 9.17) is 16.3 Å². The SMILES string of the molecule is CC(O)C(CC(=O)O)NCc1cc(Cl)c(C[C@H]2CCc3c(-c4ccccc4F)cccc32)cc1OCc1cncc(C#N)c1. The van der Waals surface area contributed by atoms with Crippen LogP contribution in [0.5, 0.6) is 5.75 Å². The lowest BCUT2D eigenvalue weighted by atomic mass is 9.90. The fraction of sp³-hybridized carbons (Fsp3) is 0.286. The molecule has 2 unspecified atom stereocenters. The molecular formula is C35H33ClFN3O4. The number of nitriles is 1. The highest BCUT2D eigenvalue weighted by atomic mass is 35.5. The molecular weight excluding hydrogens is 581 g/mol. The number of halogens is 2. The Morgan fingerprint density at radius 3 is 2.70 bits per heavy atom. The average Bonchev–Trinajstić information content (AvgIpc) is 3.42. The van der Waals surface area contributed by atoms with Crippen LogP contribution in [0.3, 0.4) is 0 Å². The predicted octanol–water partition coefficient (Wildman–Crippen LogP) is 6.58. The van der Waals surface area contributed by atoms with Gasteiger partial charge in [-0.15, -0.1) is 0 Å². The molecule has 0 saturated carbocycles. The van der Waals surface area contributed by atoms with Gasteiger partial charge in [-0.05, 0) is 78.6 Å². The Morgan fingerprint density at radius 2 is 1.95 bits per heavy atom. The molecule has 0 spiro atoms. The number of nitrogens with zero attached hydrogens (tertiary/aromatic N) is 2. The van der Waals surface area contributed by atoms with E-state index in [1.54, 1.807) is 25.3 Å². The minimum Gasteiger partial charge on any atom is -0.489 e. The van der Waals surface area contributed by atoms with E-state index in [-0.39, 0.29) is 31.3 Å². The Balaban J connectivity index is 1.43. The second-order valence-corrected chi connectivity index (χ2v) is 11.6. The van der Waals surface area contributed by atoms with Crippen LogP contribution in [-0.2, 0) is 30.8 Å². The molecule has 0 fully saturated rings. The fourth-order valence-electron chi connectivity index (χ4n) is 5.85. The number of aromatic nitrogens is 1. The molecule has 0 radical (unpaired) electrons. The van der Waals surface area contributed by atoms with Crippen LogP contribution in [0.4, 0.5) is 4.39 Å². The Hall–Kier alpha value is -4.29. The van der Waals surface area contributed by atoms with Gasteiger partial charge in [-0.25, -0.2) is 4.39 Å². The quantitative estimate of drug-likeness (QED) is 0.165. The molecule has 0 aliphatic heterocycles. The highest BCUT2D eigenvalue weighted by Crippen LogP contribution is 2.42. The van der Waals surface area contributed by atoms with E-state index >= 15 is 0 Å². The van der Waals surface area contributed by atoms with Gasteiger partial charge in [-0.3, -0.25) is 9.78 Å². The van der Waals surface area contributed by atoms with Crippen LogP contribution in [0.25, 0.3) is 11.1 Å². The molecule has 0 bridgehead atoms. The first kappa shape index (κ1) is 31.1. The number of carbonyl (C=O) groups is 1. The van der Waals surface area contributed by atoms with Crippen molar-refractivity contribution in [1.82, 2.24) is 10.3 Å². The monoisotopic (exact) mass is 613 g/mol. The number of nitrogens with one attached hydrogen (secondary N) is 1. The number of aliphatic hydroxyl groups is 1. The lowest BCUT2D eigenvalue weighted by molar-refractivity contribution is -0.138. The number of ether oxygens (including phenoxy) is 1. The largest absolute Gasteiger partial charge is 0.489 e. The highest BCUT2D eigenvalue weighted by molar-refractivity contribution is 6.31. The van der Waals surface area contributed by atoms with Crippen molar-refractivity contribution >= 4 is 17.6 Å². The zero-order valence-corrected chi connectivity index (χ0v) is 25.0. The second kappa shape index (κ2) is 14.0. The second-order valence-electron chi connectivity index (χ2n) is 11.2. The number of aliphatic hydroxyl groups excluding tert-OH is 1. The predicted molar refractivity (Wildman–Crippen MR) is 166 cm³/mol. The van der Waals surface area contributed by atoms with Crippen molar-refractivity contribution in [2.75, 3.05) is 0 Å². The van der Waals surface area contributed by atoms with Crippen molar-refractivity contribution < 1.29 is 24.1 Å². The van der Waals surface area contributed by atoms with E-state index in [1.807, 2.05) is 36.4 Å². The maximum absolute atomic E-state index is 14.7. The van der Waals surface area contributed by atoms with E-state index in [0.29, 0.717) is 33.9 Å². The molecule has 7 nitrogen and oxygen atoms in total. The van der Waals surface area contributed by atoms with E-state index in [0.717, 1.165) is 35.1 Å². The summed E-state index contributed by atoms with van der Waals surface area (Å²) in [5, 5.41) is 32.3. The molecule has 0 amide bonds. The summed E-state index contributed by atoms with van der Waals surface area (Å²) in [6, 6.07) is 19.7. The molecule has 1 aliphatic rings. The standard InChI is InChI=1S/C35H33ClFN3O4/c1-21(41)33(15-35(42)43)40-19-26-13-31(36)25(14-34(26)44-20-23-11-22(16-38)17-39-18-23)12-24-9-10-29-27(24)6-4-7-28(29)30-5-2-3-8-32(30)37/h2-8,11,13-14,17-18,21,24,33,40-41H,9-10,12,15,19-20H2,1H3,(H,42,43)/t21?,24-,33?/m1/s1. The number of carboxylic acids is 1. The molecule has 4 aromatic rings. The molecule has 3 aromatic carbocycles. The van der Waals surface area contributed by atoms with Crippen LogP contribution < -0.4 is 10.1 Å². The summed E-state index contributed by atoms with van der Waals surface area (Å²) >= 11 is 6.85. The first-order chi connectivity index (χ1) is 21.2. The zero-order chi connectivity index (χ0) is 31.2. The topological polar surface area (TPSA) is 115 Å². The smallest absolute Gasteiger partial charge is 0.305 e. The number of pyridine rings is 1. The average molecular weight is 614 g/mol. The lowest BCUT2D eigenvalue weighted by Gasteiger charge is -2.22. The van der Waals surface area contributed by atoms with E-state index in [1.165, 1.54) is 17.8 Å². The maximum atomic E-state index is 14.7. The van der Waals surface area contributed by atoms with Crippen molar-refractivity contribution in [2.24, 2.45) is 0 Å². The minimum absolute atomic E-state index is 0.157. The number of rotatable bonds is 12. The molecule has 44 heavy (non-hydrogen) atoms. The number of benzene rings is 3. The van der Waals surface area contributed by atoms with Crippen molar-refractivity contribution in [3.63, 3.8) is 0 Å². The van der Waals surface area contributed by atoms with E-state index < -0.39 is 18.1 Å². The summed E-state index contributed by atoms with van der Waals surface area (Å²) < 4.78 is 20.9. The van der Waals surface area contributed by atoms with Crippen LogP contribution in [0.1, 0.15) is 59.1 Å². The van der Waals surface area contributed by atoms with Crippen LogP contribution in [0.15, 0.2) is 73.1 Å². The van der Waals surface area contributed by atoms with Gasteiger partial charge in [0.05, 0.1) is 18.1 Å². The molecule has 5 rings (SSSR count). The van der Waals surface area contributed by atoms with Gasteiger partial charge in [0.15, 0.2) is 0 Å². The van der Waals surface area contributed by atoms with E-state index in [2.05, 4.69) is 22.4 Å². The maximum Gasteiger partial charge on any atom is 0.305 e. The normalized spacial score (nSPS) is 15.3. The number of fused-ring (bicyclic) bond motifs is 1. The van der Waals surface area contributed by atoms with Gasteiger partial charge in [-0.1, -0.05) is 48.0 Å². The lowest BCUT2D eigenvalue weighted by Crippen LogP contribution is -2.39. The molecule has 3 N–H and O–H groups in total. The zero-order valence-electron chi connectivity index (χ0n) is 24.3. The minimum atomic E-state index is -1.02. The first-order valence-corrected chi connectivity index (χ1v) is 14.9. The summed E-state index contributed by atoms with van der Waals surface area (Å²) in [6.07, 6.45) is 4.36. The molecule has 3 atom stereocenters. The van der Waals surface area contributed by atoms with Crippen molar-refractivity contribution in [3.05, 3.63) is 117 Å².